The van der Waals surface area contributed by atoms with E-state index in [-0.39, 0.29) is 5.56 Å². The van der Waals surface area contributed by atoms with Crippen LogP contribution in [0.15, 0.2) is 18.7 Å². The molecule has 1 aromatic heterocycles. The van der Waals surface area contributed by atoms with Crippen molar-refractivity contribution in [2.45, 2.75) is 19.4 Å². The molecule has 1 aromatic rings. The van der Waals surface area contributed by atoms with Gasteiger partial charge < -0.3 is 5.11 Å². The van der Waals surface area contributed by atoms with Gasteiger partial charge in [0.1, 0.15) is 11.9 Å². The van der Waals surface area contributed by atoms with Crippen LogP contribution in [0.25, 0.3) is 0 Å². The second kappa shape index (κ2) is 4.67. The van der Waals surface area contributed by atoms with Crippen molar-refractivity contribution >= 4 is 11.8 Å². The maximum Gasteiger partial charge on any atom is 0.272 e. The first kappa shape index (κ1) is 12.1. The summed E-state index contributed by atoms with van der Waals surface area (Å²) < 4.78 is 0. The third-order valence-corrected chi connectivity index (χ3v) is 1.67. The number of carbonyl (C=O) groups is 2. The van der Waals surface area contributed by atoms with Gasteiger partial charge in [-0.2, -0.15) is 0 Å². The SMILES string of the molecule is CC(C)(O)C(=O)NNC(=O)c1cncnc1. The second-order valence-electron chi connectivity index (χ2n) is 3.59. The molecular formula is C9H12N4O3. The predicted molar refractivity (Wildman–Crippen MR) is 53.9 cm³/mol. The normalized spacial score (nSPS) is 10.7. The van der Waals surface area contributed by atoms with Crippen LogP contribution in [0.1, 0.15) is 24.2 Å². The first-order valence-electron chi connectivity index (χ1n) is 4.49. The van der Waals surface area contributed by atoms with E-state index in [4.69, 9.17) is 0 Å². The van der Waals surface area contributed by atoms with Crippen molar-refractivity contribution in [2.75, 3.05) is 0 Å². The Balaban J connectivity index is 2.52. The molecule has 1 rings (SSSR count). The molecule has 0 bridgehead atoms. The van der Waals surface area contributed by atoms with Gasteiger partial charge in [0, 0.05) is 12.4 Å². The molecule has 0 aliphatic rings. The highest BCUT2D eigenvalue weighted by atomic mass is 16.3. The summed E-state index contributed by atoms with van der Waals surface area (Å²) in [4.78, 5) is 29.9. The van der Waals surface area contributed by atoms with E-state index in [0.717, 1.165) is 0 Å². The van der Waals surface area contributed by atoms with Crippen LogP contribution in [-0.2, 0) is 4.79 Å². The van der Waals surface area contributed by atoms with Crippen molar-refractivity contribution < 1.29 is 14.7 Å². The van der Waals surface area contributed by atoms with E-state index in [2.05, 4.69) is 20.8 Å². The summed E-state index contributed by atoms with van der Waals surface area (Å²) in [5.41, 5.74) is 2.86. The molecule has 0 aliphatic carbocycles. The molecule has 0 radical (unpaired) electrons. The molecule has 0 aliphatic heterocycles. The number of carbonyl (C=O) groups excluding carboxylic acids is 2. The highest BCUT2D eigenvalue weighted by Gasteiger charge is 2.24. The summed E-state index contributed by atoms with van der Waals surface area (Å²) in [5, 5.41) is 9.28. The summed E-state index contributed by atoms with van der Waals surface area (Å²) in [6, 6.07) is 0. The van der Waals surface area contributed by atoms with Crippen LogP contribution in [0, 0.1) is 0 Å². The largest absolute Gasteiger partial charge is 0.381 e. The van der Waals surface area contributed by atoms with E-state index in [9.17, 15) is 14.7 Å². The highest BCUT2D eigenvalue weighted by Crippen LogP contribution is 1.99. The Hall–Kier alpha value is -2.02. The number of aromatic nitrogens is 2. The molecule has 7 heteroatoms. The van der Waals surface area contributed by atoms with Crippen LogP contribution in [0.4, 0.5) is 0 Å². The lowest BCUT2D eigenvalue weighted by atomic mass is 10.1. The summed E-state index contributed by atoms with van der Waals surface area (Å²) in [6.45, 7) is 2.61. The molecule has 1 heterocycles. The lowest BCUT2D eigenvalue weighted by molar-refractivity contribution is -0.137. The Morgan fingerprint density at radius 2 is 1.81 bits per heavy atom. The van der Waals surface area contributed by atoms with Gasteiger partial charge in [-0.1, -0.05) is 0 Å². The average Bonchev–Trinajstić information content (AvgIpc) is 2.25. The maximum absolute atomic E-state index is 11.4. The summed E-state index contributed by atoms with van der Waals surface area (Å²) in [6.07, 6.45) is 3.89. The fourth-order valence-corrected chi connectivity index (χ4v) is 0.755. The van der Waals surface area contributed by atoms with Crippen molar-refractivity contribution in [1.29, 1.82) is 0 Å². The Labute approximate surface area is 91.9 Å². The molecule has 16 heavy (non-hydrogen) atoms. The molecule has 86 valence electrons. The topological polar surface area (TPSA) is 104 Å². The number of hydrogen-bond donors (Lipinski definition) is 3. The number of rotatable bonds is 2. The van der Waals surface area contributed by atoms with E-state index in [1.807, 2.05) is 0 Å². The number of amides is 2. The van der Waals surface area contributed by atoms with Gasteiger partial charge in [-0.05, 0) is 13.8 Å². The van der Waals surface area contributed by atoms with Gasteiger partial charge in [-0.3, -0.25) is 20.4 Å². The zero-order valence-corrected chi connectivity index (χ0v) is 8.89. The van der Waals surface area contributed by atoms with Crippen molar-refractivity contribution in [3.8, 4) is 0 Å². The molecule has 0 atom stereocenters. The van der Waals surface area contributed by atoms with Gasteiger partial charge in [0.2, 0.25) is 0 Å². The molecule has 0 saturated carbocycles. The van der Waals surface area contributed by atoms with Crippen LogP contribution in [0.5, 0.6) is 0 Å². The number of hydrogen-bond acceptors (Lipinski definition) is 5. The fraction of sp³-hybridized carbons (Fsp3) is 0.333. The lowest BCUT2D eigenvalue weighted by Gasteiger charge is -2.16. The van der Waals surface area contributed by atoms with E-state index >= 15 is 0 Å². The van der Waals surface area contributed by atoms with Crippen LogP contribution in [-0.4, -0.2) is 32.5 Å². The molecule has 3 N–H and O–H groups in total. The Bertz CT molecular complexity index is 385. The minimum absolute atomic E-state index is 0.207. The highest BCUT2D eigenvalue weighted by molar-refractivity contribution is 5.95. The maximum atomic E-state index is 11.4. The van der Waals surface area contributed by atoms with Gasteiger partial charge in [-0.15, -0.1) is 0 Å². The summed E-state index contributed by atoms with van der Waals surface area (Å²) in [7, 11) is 0. The van der Waals surface area contributed by atoms with Gasteiger partial charge in [0.15, 0.2) is 0 Å². The first-order chi connectivity index (χ1) is 7.41. The van der Waals surface area contributed by atoms with Crippen molar-refractivity contribution in [2.24, 2.45) is 0 Å². The monoisotopic (exact) mass is 224 g/mol. The predicted octanol–water partition coefficient (Wildman–Crippen LogP) is -0.991. The zero-order chi connectivity index (χ0) is 12.2. The summed E-state index contributed by atoms with van der Waals surface area (Å²) in [5.74, 6) is -1.27. The van der Waals surface area contributed by atoms with E-state index in [1.54, 1.807) is 0 Å². The number of nitrogens with zero attached hydrogens (tertiary/aromatic N) is 2. The van der Waals surface area contributed by atoms with Gasteiger partial charge >= 0.3 is 0 Å². The van der Waals surface area contributed by atoms with Crippen LogP contribution in [0.3, 0.4) is 0 Å². The van der Waals surface area contributed by atoms with Gasteiger partial charge in [0.25, 0.3) is 11.8 Å². The quantitative estimate of drug-likeness (QED) is 0.559. The molecule has 0 fully saturated rings. The number of nitrogens with one attached hydrogen (secondary N) is 2. The minimum atomic E-state index is -1.56. The van der Waals surface area contributed by atoms with Gasteiger partial charge in [0.05, 0.1) is 5.56 Å². The zero-order valence-electron chi connectivity index (χ0n) is 8.89. The third-order valence-electron chi connectivity index (χ3n) is 1.67. The Morgan fingerprint density at radius 1 is 1.25 bits per heavy atom. The molecule has 0 saturated heterocycles. The summed E-state index contributed by atoms with van der Waals surface area (Å²) >= 11 is 0. The van der Waals surface area contributed by atoms with E-state index in [1.165, 1.54) is 32.6 Å². The second-order valence-corrected chi connectivity index (χ2v) is 3.59. The van der Waals surface area contributed by atoms with Crippen molar-refractivity contribution in [3.63, 3.8) is 0 Å². The number of hydrazine groups is 1. The fourth-order valence-electron chi connectivity index (χ4n) is 0.755. The Kier molecular flexibility index (Phi) is 3.51. The van der Waals surface area contributed by atoms with Crippen LogP contribution >= 0.6 is 0 Å². The molecule has 0 spiro atoms. The molecule has 0 aromatic carbocycles. The molecule has 0 unspecified atom stereocenters. The van der Waals surface area contributed by atoms with Gasteiger partial charge in [-0.25, -0.2) is 9.97 Å². The average molecular weight is 224 g/mol. The van der Waals surface area contributed by atoms with Crippen molar-refractivity contribution in [3.05, 3.63) is 24.3 Å². The Morgan fingerprint density at radius 3 is 2.31 bits per heavy atom. The first-order valence-corrected chi connectivity index (χ1v) is 4.49. The molecule has 7 nitrogen and oxygen atoms in total. The lowest BCUT2D eigenvalue weighted by Crippen LogP contribution is -2.50. The van der Waals surface area contributed by atoms with E-state index < -0.39 is 17.4 Å². The van der Waals surface area contributed by atoms with Crippen LogP contribution < -0.4 is 10.9 Å². The smallest absolute Gasteiger partial charge is 0.272 e. The third kappa shape index (κ3) is 3.28. The molecule has 2 amide bonds. The number of aliphatic hydroxyl groups is 1. The standard InChI is InChI=1S/C9H12N4O3/c1-9(2,16)8(15)13-12-7(14)6-3-10-5-11-4-6/h3-5,16H,1-2H3,(H,12,14)(H,13,15). The van der Waals surface area contributed by atoms with Crippen LogP contribution in [0.2, 0.25) is 0 Å². The molecular weight excluding hydrogens is 212 g/mol. The van der Waals surface area contributed by atoms with Crippen molar-refractivity contribution in [1.82, 2.24) is 20.8 Å². The minimum Gasteiger partial charge on any atom is -0.381 e. The van der Waals surface area contributed by atoms with E-state index in [0.29, 0.717) is 0 Å².